The van der Waals surface area contributed by atoms with Crippen LogP contribution in [0.15, 0.2) is 60.7 Å². The quantitative estimate of drug-likeness (QED) is 0.508. The molecule has 0 unspecified atom stereocenters. The summed E-state index contributed by atoms with van der Waals surface area (Å²) in [6.45, 7) is 4.36. The van der Waals surface area contributed by atoms with E-state index in [1.54, 1.807) is 0 Å². The van der Waals surface area contributed by atoms with Gasteiger partial charge in [-0.25, -0.2) is 0 Å². The van der Waals surface area contributed by atoms with Crippen molar-refractivity contribution in [3.63, 3.8) is 0 Å². The van der Waals surface area contributed by atoms with Crippen LogP contribution in [0.4, 0.5) is 0 Å². The topological polar surface area (TPSA) is 0 Å². The standard InChI is InChI=1S/C24H30/c1-3-4-5-6-20-9-13-22(14-10-20)24-17-15-23(16-18-24)21-11-7-19(2)8-12-21/h4-5,7-8,11-12,15-18,20,22H,3,6,9-10,13-14H2,1-2H3. The molecule has 0 amide bonds. The largest absolute Gasteiger partial charge is 0.0888 e. The molecule has 0 nitrogen and oxygen atoms in total. The Hall–Kier alpha value is -1.82. The van der Waals surface area contributed by atoms with Gasteiger partial charge in [-0.05, 0) is 74.0 Å². The fourth-order valence-corrected chi connectivity index (χ4v) is 3.88. The Morgan fingerprint density at radius 1 is 0.792 bits per heavy atom. The second-order valence-corrected chi connectivity index (χ2v) is 7.32. The minimum atomic E-state index is 0.767. The van der Waals surface area contributed by atoms with Crippen LogP contribution in [0.5, 0.6) is 0 Å². The highest BCUT2D eigenvalue weighted by molar-refractivity contribution is 5.64. The van der Waals surface area contributed by atoms with Crippen molar-refractivity contribution in [1.82, 2.24) is 0 Å². The lowest BCUT2D eigenvalue weighted by Gasteiger charge is -2.28. The third-order valence-corrected chi connectivity index (χ3v) is 5.49. The van der Waals surface area contributed by atoms with Gasteiger partial charge in [-0.15, -0.1) is 0 Å². The molecule has 0 heteroatoms. The summed E-state index contributed by atoms with van der Waals surface area (Å²) in [4.78, 5) is 0. The fourth-order valence-electron chi connectivity index (χ4n) is 3.88. The van der Waals surface area contributed by atoms with Gasteiger partial charge < -0.3 is 0 Å². The summed E-state index contributed by atoms with van der Waals surface area (Å²) in [6, 6.07) is 18.1. The fraction of sp³-hybridized carbons (Fsp3) is 0.417. The molecule has 1 aliphatic carbocycles. The highest BCUT2D eigenvalue weighted by Crippen LogP contribution is 2.37. The zero-order chi connectivity index (χ0) is 16.8. The summed E-state index contributed by atoms with van der Waals surface area (Å²) in [5.74, 6) is 1.68. The van der Waals surface area contributed by atoms with Crippen molar-refractivity contribution >= 4 is 0 Å². The Bertz CT molecular complexity index is 637. The van der Waals surface area contributed by atoms with E-state index in [2.05, 4.69) is 74.5 Å². The van der Waals surface area contributed by atoms with E-state index >= 15 is 0 Å². The third kappa shape index (κ3) is 4.38. The van der Waals surface area contributed by atoms with Gasteiger partial charge in [0.05, 0.1) is 0 Å². The van der Waals surface area contributed by atoms with Crippen molar-refractivity contribution in [3.8, 4) is 11.1 Å². The summed E-state index contributed by atoms with van der Waals surface area (Å²) in [5, 5.41) is 0. The SMILES string of the molecule is CCC=CCC1CCC(c2ccc(-c3ccc(C)cc3)cc2)CC1. The first-order valence-corrected chi connectivity index (χ1v) is 9.58. The van der Waals surface area contributed by atoms with Crippen LogP contribution in [0.3, 0.4) is 0 Å². The molecule has 0 bridgehead atoms. The van der Waals surface area contributed by atoms with E-state index in [9.17, 15) is 0 Å². The van der Waals surface area contributed by atoms with Crippen LogP contribution in [-0.4, -0.2) is 0 Å². The average Bonchev–Trinajstić information content (AvgIpc) is 2.63. The highest BCUT2D eigenvalue weighted by atomic mass is 14.3. The molecule has 2 aromatic rings. The average molecular weight is 319 g/mol. The lowest BCUT2D eigenvalue weighted by molar-refractivity contribution is 0.328. The first kappa shape index (κ1) is 17.0. The van der Waals surface area contributed by atoms with Crippen LogP contribution in [0.25, 0.3) is 11.1 Å². The van der Waals surface area contributed by atoms with Crippen molar-refractivity contribution < 1.29 is 0 Å². The Morgan fingerprint density at radius 2 is 1.38 bits per heavy atom. The zero-order valence-electron chi connectivity index (χ0n) is 15.2. The molecule has 0 radical (unpaired) electrons. The van der Waals surface area contributed by atoms with Gasteiger partial charge in [0.15, 0.2) is 0 Å². The van der Waals surface area contributed by atoms with E-state index in [0.717, 1.165) is 11.8 Å². The van der Waals surface area contributed by atoms with Crippen LogP contribution in [0.1, 0.15) is 62.5 Å². The lowest BCUT2D eigenvalue weighted by atomic mass is 9.77. The molecular formula is C24H30. The first-order valence-electron chi connectivity index (χ1n) is 9.58. The van der Waals surface area contributed by atoms with E-state index in [1.165, 1.54) is 60.8 Å². The highest BCUT2D eigenvalue weighted by Gasteiger charge is 2.21. The van der Waals surface area contributed by atoms with E-state index in [1.807, 2.05) is 0 Å². The van der Waals surface area contributed by atoms with Crippen LogP contribution in [0.2, 0.25) is 0 Å². The molecule has 2 aromatic carbocycles. The van der Waals surface area contributed by atoms with Crippen molar-refractivity contribution in [2.75, 3.05) is 0 Å². The van der Waals surface area contributed by atoms with Gasteiger partial charge in [0.25, 0.3) is 0 Å². The van der Waals surface area contributed by atoms with Gasteiger partial charge in [0.1, 0.15) is 0 Å². The normalized spacial score (nSPS) is 21.2. The molecule has 126 valence electrons. The monoisotopic (exact) mass is 318 g/mol. The molecule has 1 saturated carbocycles. The second kappa shape index (κ2) is 8.33. The molecule has 0 N–H and O–H groups in total. The van der Waals surface area contributed by atoms with Gasteiger partial charge in [0.2, 0.25) is 0 Å². The molecule has 24 heavy (non-hydrogen) atoms. The molecule has 0 aromatic heterocycles. The van der Waals surface area contributed by atoms with Crippen LogP contribution >= 0.6 is 0 Å². The first-order chi connectivity index (χ1) is 11.8. The number of rotatable bonds is 5. The van der Waals surface area contributed by atoms with Crippen LogP contribution in [0, 0.1) is 12.8 Å². The molecule has 0 heterocycles. The van der Waals surface area contributed by atoms with Gasteiger partial charge in [-0.3, -0.25) is 0 Å². The third-order valence-electron chi connectivity index (χ3n) is 5.49. The molecule has 0 spiro atoms. The molecule has 3 rings (SSSR count). The predicted octanol–water partition coefficient (Wildman–Crippen LogP) is 7.29. The number of allylic oxidation sites excluding steroid dienone is 2. The number of hydrogen-bond acceptors (Lipinski definition) is 0. The van der Waals surface area contributed by atoms with E-state index in [4.69, 9.17) is 0 Å². The maximum absolute atomic E-state index is 2.39. The molecular weight excluding hydrogens is 288 g/mol. The Balaban J connectivity index is 1.58. The van der Waals surface area contributed by atoms with Crippen LogP contribution < -0.4 is 0 Å². The predicted molar refractivity (Wildman–Crippen MR) is 105 cm³/mol. The van der Waals surface area contributed by atoms with Gasteiger partial charge in [0, 0.05) is 0 Å². The van der Waals surface area contributed by atoms with E-state index in [-0.39, 0.29) is 0 Å². The summed E-state index contributed by atoms with van der Waals surface area (Å²) >= 11 is 0. The van der Waals surface area contributed by atoms with Crippen molar-refractivity contribution in [3.05, 3.63) is 71.8 Å². The maximum Gasteiger partial charge on any atom is -0.0162 e. The van der Waals surface area contributed by atoms with Gasteiger partial charge in [-0.2, -0.15) is 0 Å². The Morgan fingerprint density at radius 3 is 1.96 bits per heavy atom. The Kier molecular flexibility index (Phi) is 5.91. The summed E-state index contributed by atoms with van der Waals surface area (Å²) < 4.78 is 0. The minimum Gasteiger partial charge on any atom is -0.0888 e. The molecule has 1 aliphatic rings. The van der Waals surface area contributed by atoms with Crippen molar-refractivity contribution in [1.29, 1.82) is 0 Å². The van der Waals surface area contributed by atoms with E-state index < -0.39 is 0 Å². The molecule has 0 aliphatic heterocycles. The van der Waals surface area contributed by atoms with Crippen molar-refractivity contribution in [2.24, 2.45) is 5.92 Å². The van der Waals surface area contributed by atoms with Crippen LogP contribution in [-0.2, 0) is 0 Å². The van der Waals surface area contributed by atoms with Gasteiger partial charge >= 0.3 is 0 Å². The summed E-state index contributed by atoms with van der Waals surface area (Å²) in [5.41, 5.74) is 5.50. The smallest absolute Gasteiger partial charge is 0.0162 e. The zero-order valence-corrected chi connectivity index (χ0v) is 15.2. The van der Waals surface area contributed by atoms with E-state index in [0.29, 0.717) is 0 Å². The summed E-state index contributed by atoms with van der Waals surface area (Å²) in [7, 11) is 0. The second-order valence-electron chi connectivity index (χ2n) is 7.32. The van der Waals surface area contributed by atoms with Crippen molar-refractivity contribution in [2.45, 2.75) is 58.3 Å². The number of benzene rings is 2. The lowest BCUT2D eigenvalue weighted by Crippen LogP contribution is -2.12. The number of hydrogen-bond donors (Lipinski definition) is 0. The molecule has 1 fully saturated rings. The summed E-state index contributed by atoms with van der Waals surface area (Å²) in [6.07, 6.45) is 12.6. The number of aryl methyl sites for hydroxylation is 1. The van der Waals surface area contributed by atoms with Gasteiger partial charge in [-0.1, -0.05) is 73.2 Å². The maximum atomic E-state index is 2.39. The molecule has 0 atom stereocenters. The Labute approximate surface area is 147 Å². The minimum absolute atomic E-state index is 0.767. The molecule has 0 saturated heterocycles.